The van der Waals surface area contributed by atoms with E-state index in [-0.39, 0.29) is 0 Å². The fourth-order valence-corrected chi connectivity index (χ4v) is 20.4. The maximum atomic E-state index is 5.48. The van der Waals surface area contributed by atoms with Crippen molar-refractivity contribution >= 4 is 38.9 Å². The fourth-order valence-electron chi connectivity index (χ4n) is 4.95. The summed E-state index contributed by atoms with van der Waals surface area (Å²) in [6, 6.07) is 4.74. The summed E-state index contributed by atoms with van der Waals surface area (Å²) >= 11 is -2.53. The fraction of sp³-hybridized carbons (Fsp3) is 0.750. The van der Waals surface area contributed by atoms with Gasteiger partial charge in [0.2, 0.25) is 0 Å². The molecule has 0 amide bonds. The van der Waals surface area contributed by atoms with Crippen molar-refractivity contribution in [3.63, 3.8) is 0 Å². The summed E-state index contributed by atoms with van der Waals surface area (Å²) < 4.78 is 7.96. The van der Waals surface area contributed by atoms with Crippen LogP contribution in [0.2, 0.25) is 13.3 Å². The molecule has 0 aromatic carbocycles. The van der Waals surface area contributed by atoms with E-state index in [4.69, 9.17) is 10.1 Å². The molecule has 0 N–H and O–H groups in total. The van der Waals surface area contributed by atoms with Crippen molar-refractivity contribution in [2.24, 2.45) is 7.05 Å². The number of likely N-dealkylation sites (N-methyl/N-ethyl adjacent to an activating group) is 1. The SMILES string of the molecule is CCC[CH2][Sn]([CH2]CCC)([CH2]CCC)[c]1ccc2c(n1)c(N1CCN(C)CC1)nn2C. The van der Waals surface area contributed by atoms with Crippen LogP contribution >= 0.6 is 0 Å². The predicted molar refractivity (Wildman–Crippen MR) is 133 cm³/mol. The Hall–Kier alpha value is -0.821. The van der Waals surface area contributed by atoms with Crippen LogP contribution in [0.15, 0.2) is 12.1 Å². The van der Waals surface area contributed by atoms with Crippen LogP contribution in [-0.2, 0) is 7.05 Å². The second-order valence-corrected chi connectivity index (χ2v) is 22.4. The molecule has 1 fully saturated rings. The Bertz CT molecular complexity index is 772. The van der Waals surface area contributed by atoms with E-state index in [0.717, 1.165) is 37.5 Å². The van der Waals surface area contributed by atoms with E-state index in [1.165, 1.54) is 61.1 Å². The van der Waals surface area contributed by atoms with E-state index in [9.17, 15) is 0 Å². The van der Waals surface area contributed by atoms with Gasteiger partial charge in [0.05, 0.1) is 0 Å². The first kappa shape index (κ1) is 23.8. The van der Waals surface area contributed by atoms with Crippen molar-refractivity contribution in [2.45, 2.75) is 72.6 Å². The number of piperazine rings is 1. The van der Waals surface area contributed by atoms with Crippen molar-refractivity contribution in [3.05, 3.63) is 12.1 Å². The van der Waals surface area contributed by atoms with Gasteiger partial charge in [-0.25, -0.2) is 0 Å². The third kappa shape index (κ3) is 5.32. The zero-order valence-corrected chi connectivity index (χ0v) is 22.9. The standard InChI is InChI=1S/C12H16N5.3C4H9.Sn/c1-15-6-8-17(9-7-15)12-11-10(16(2)14-12)4-3-5-13-11;3*1-3-4-2;/h3-4H,6-9H2,1-2H3;3*1,3-4H2,2H3;. The maximum absolute atomic E-state index is 5.48. The van der Waals surface area contributed by atoms with Crippen molar-refractivity contribution in [1.82, 2.24) is 19.7 Å². The Kier molecular flexibility index (Phi) is 8.87. The average Bonchev–Trinajstić information content (AvgIpc) is 3.10. The molecule has 1 aliphatic rings. The molecule has 0 bridgehead atoms. The number of pyridine rings is 1. The van der Waals surface area contributed by atoms with Crippen LogP contribution in [0.5, 0.6) is 0 Å². The first-order valence-corrected chi connectivity index (χ1v) is 19.8. The van der Waals surface area contributed by atoms with Gasteiger partial charge in [0.25, 0.3) is 0 Å². The summed E-state index contributed by atoms with van der Waals surface area (Å²) in [5, 5.41) is 4.93. The van der Waals surface area contributed by atoms with Gasteiger partial charge in [-0.15, -0.1) is 0 Å². The molecular weight excluding hydrogens is 477 g/mol. The summed E-state index contributed by atoms with van der Waals surface area (Å²) in [5.41, 5.74) is 2.35. The Morgan fingerprint density at radius 1 is 0.833 bits per heavy atom. The van der Waals surface area contributed by atoms with Gasteiger partial charge in [-0.3, -0.25) is 0 Å². The molecule has 0 saturated carbocycles. The number of nitrogens with zero attached hydrogens (tertiary/aromatic N) is 5. The van der Waals surface area contributed by atoms with Crippen LogP contribution in [0.25, 0.3) is 11.0 Å². The molecule has 1 aliphatic heterocycles. The first-order valence-electron chi connectivity index (χ1n) is 12.3. The molecule has 0 spiro atoms. The molecule has 0 radical (unpaired) electrons. The van der Waals surface area contributed by atoms with E-state index < -0.39 is 18.4 Å². The minimum absolute atomic E-state index is 1.05. The van der Waals surface area contributed by atoms with Gasteiger partial charge in [-0.2, -0.15) is 0 Å². The molecular formula is C24H43N5Sn. The van der Waals surface area contributed by atoms with Crippen LogP contribution in [0, 0.1) is 0 Å². The molecule has 1 saturated heterocycles. The van der Waals surface area contributed by atoms with Crippen LogP contribution < -0.4 is 8.61 Å². The van der Waals surface area contributed by atoms with E-state index in [1.807, 2.05) is 4.68 Å². The molecule has 0 atom stereocenters. The second-order valence-electron chi connectivity index (χ2n) is 9.39. The van der Waals surface area contributed by atoms with Crippen LogP contribution in [-0.4, -0.2) is 71.3 Å². The molecule has 2 aromatic heterocycles. The number of aryl methyl sites for hydroxylation is 1. The third-order valence-corrected chi connectivity index (χ3v) is 22.2. The van der Waals surface area contributed by atoms with E-state index in [2.05, 4.69) is 56.8 Å². The van der Waals surface area contributed by atoms with E-state index in [0.29, 0.717) is 0 Å². The van der Waals surface area contributed by atoms with Crippen LogP contribution in [0.4, 0.5) is 5.82 Å². The second kappa shape index (κ2) is 11.2. The van der Waals surface area contributed by atoms with Crippen LogP contribution in [0.3, 0.4) is 0 Å². The van der Waals surface area contributed by atoms with Gasteiger partial charge in [-0.1, -0.05) is 0 Å². The molecule has 0 unspecified atom stereocenters. The zero-order chi connectivity index (χ0) is 21.6. The Balaban J connectivity index is 2.03. The van der Waals surface area contributed by atoms with Gasteiger partial charge in [0, 0.05) is 0 Å². The molecule has 5 nitrogen and oxygen atoms in total. The van der Waals surface area contributed by atoms with Gasteiger partial charge in [-0.05, 0) is 0 Å². The number of fused-ring (bicyclic) bond motifs is 1. The summed E-state index contributed by atoms with van der Waals surface area (Å²) in [7, 11) is 4.28. The van der Waals surface area contributed by atoms with E-state index in [1.54, 1.807) is 0 Å². The Morgan fingerprint density at radius 2 is 1.40 bits per heavy atom. The Labute approximate surface area is 188 Å². The first-order chi connectivity index (χ1) is 14.5. The van der Waals surface area contributed by atoms with Gasteiger partial charge < -0.3 is 0 Å². The summed E-state index contributed by atoms with van der Waals surface area (Å²) in [5.74, 6) is 1.11. The predicted octanol–water partition coefficient (Wildman–Crippen LogP) is 4.78. The van der Waals surface area contributed by atoms with Crippen LogP contribution in [0.1, 0.15) is 59.3 Å². The van der Waals surface area contributed by atoms with E-state index >= 15 is 0 Å². The molecule has 3 rings (SSSR count). The zero-order valence-electron chi connectivity index (χ0n) is 20.1. The number of anilines is 1. The normalized spacial score (nSPS) is 16.0. The molecule has 30 heavy (non-hydrogen) atoms. The van der Waals surface area contributed by atoms with Crippen molar-refractivity contribution in [1.29, 1.82) is 0 Å². The monoisotopic (exact) mass is 521 g/mol. The number of aromatic nitrogens is 3. The Morgan fingerprint density at radius 3 is 1.93 bits per heavy atom. The molecule has 0 aliphatic carbocycles. The topological polar surface area (TPSA) is 37.2 Å². The summed E-state index contributed by atoms with van der Waals surface area (Å²) in [6.07, 6.45) is 8.04. The molecule has 2 aromatic rings. The third-order valence-electron chi connectivity index (χ3n) is 7.05. The van der Waals surface area contributed by atoms with Crippen molar-refractivity contribution < 1.29 is 0 Å². The molecule has 168 valence electrons. The average molecular weight is 520 g/mol. The van der Waals surface area contributed by atoms with Gasteiger partial charge in [0.15, 0.2) is 0 Å². The molecule has 6 heteroatoms. The number of unbranched alkanes of at least 4 members (excludes halogenated alkanes) is 3. The number of hydrogen-bond acceptors (Lipinski definition) is 4. The number of hydrogen-bond donors (Lipinski definition) is 0. The summed E-state index contributed by atoms with van der Waals surface area (Å²) in [4.78, 5) is 10.3. The van der Waals surface area contributed by atoms with Crippen molar-refractivity contribution in [3.8, 4) is 0 Å². The van der Waals surface area contributed by atoms with Crippen molar-refractivity contribution in [2.75, 3.05) is 38.1 Å². The van der Waals surface area contributed by atoms with Gasteiger partial charge in [0.1, 0.15) is 0 Å². The van der Waals surface area contributed by atoms with Gasteiger partial charge >= 0.3 is 189 Å². The summed E-state index contributed by atoms with van der Waals surface area (Å²) in [6.45, 7) is 11.3. The number of rotatable bonds is 11. The minimum atomic E-state index is -2.53. The quantitative estimate of drug-likeness (QED) is 0.400. The molecule has 3 heterocycles.